The van der Waals surface area contributed by atoms with Crippen LogP contribution in [-0.4, -0.2) is 21.1 Å². The maximum Gasteiger partial charge on any atom is 0.288 e. The van der Waals surface area contributed by atoms with E-state index in [9.17, 15) is 4.79 Å². The molecule has 0 saturated heterocycles. The van der Waals surface area contributed by atoms with Crippen molar-refractivity contribution in [3.05, 3.63) is 32.9 Å². The summed E-state index contributed by atoms with van der Waals surface area (Å²) in [5.41, 5.74) is 0. The Hall–Kier alpha value is -1.21. The Kier molecular flexibility index (Phi) is 3.12. The molecule has 0 aliphatic rings. The molecule has 2 heterocycles. The van der Waals surface area contributed by atoms with Gasteiger partial charge in [-0.15, -0.1) is 11.3 Å². The van der Waals surface area contributed by atoms with Crippen LogP contribution >= 0.6 is 27.3 Å². The summed E-state index contributed by atoms with van der Waals surface area (Å²) in [6.07, 6.45) is 1.30. The SMILES string of the molecule is O=C(NCc1sccc1Br)c1ncn[nH]1. The number of hydrogen-bond donors (Lipinski definition) is 2. The monoisotopic (exact) mass is 286 g/mol. The van der Waals surface area contributed by atoms with Gasteiger partial charge < -0.3 is 5.32 Å². The zero-order valence-corrected chi connectivity index (χ0v) is 9.93. The highest BCUT2D eigenvalue weighted by Crippen LogP contribution is 2.22. The molecule has 0 aliphatic heterocycles. The average Bonchev–Trinajstić information content (AvgIpc) is 2.85. The molecule has 1 amide bonds. The molecule has 0 aliphatic carbocycles. The molecule has 0 unspecified atom stereocenters. The molecule has 0 saturated carbocycles. The lowest BCUT2D eigenvalue weighted by Crippen LogP contribution is -2.23. The van der Waals surface area contributed by atoms with Crippen molar-refractivity contribution in [2.45, 2.75) is 6.54 Å². The van der Waals surface area contributed by atoms with Crippen LogP contribution in [0.4, 0.5) is 0 Å². The number of amides is 1. The van der Waals surface area contributed by atoms with Gasteiger partial charge in [-0.3, -0.25) is 9.89 Å². The number of thiophene rings is 1. The number of aromatic amines is 1. The molecule has 0 aromatic carbocycles. The number of carbonyl (C=O) groups excluding carboxylic acids is 1. The Morgan fingerprint density at radius 2 is 2.53 bits per heavy atom. The number of nitrogens with one attached hydrogen (secondary N) is 2. The van der Waals surface area contributed by atoms with Crippen LogP contribution in [0.1, 0.15) is 15.5 Å². The van der Waals surface area contributed by atoms with Gasteiger partial charge in [0.1, 0.15) is 6.33 Å². The van der Waals surface area contributed by atoms with Crippen molar-refractivity contribution in [2.24, 2.45) is 0 Å². The molecule has 0 atom stereocenters. The van der Waals surface area contributed by atoms with Crippen LogP contribution in [-0.2, 0) is 6.54 Å². The van der Waals surface area contributed by atoms with Gasteiger partial charge >= 0.3 is 0 Å². The van der Waals surface area contributed by atoms with E-state index >= 15 is 0 Å². The van der Waals surface area contributed by atoms with Crippen molar-refractivity contribution in [3.8, 4) is 0 Å². The van der Waals surface area contributed by atoms with Crippen molar-refractivity contribution in [1.82, 2.24) is 20.5 Å². The van der Waals surface area contributed by atoms with Gasteiger partial charge in [0.25, 0.3) is 5.91 Å². The average molecular weight is 287 g/mol. The highest BCUT2D eigenvalue weighted by Gasteiger charge is 2.09. The molecule has 0 spiro atoms. The molecular formula is C8H7BrN4OS. The predicted molar refractivity (Wildman–Crippen MR) is 59.6 cm³/mol. The summed E-state index contributed by atoms with van der Waals surface area (Å²) in [5.74, 6) is -0.0320. The molecule has 2 N–H and O–H groups in total. The number of nitrogens with zero attached hydrogens (tertiary/aromatic N) is 2. The maximum atomic E-state index is 11.5. The molecule has 7 heteroatoms. The first-order valence-corrected chi connectivity index (χ1v) is 5.80. The van der Waals surface area contributed by atoms with Gasteiger partial charge in [0, 0.05) is 9.35 Å². The first kappa shape index (κ1) is 10.3. The number of hydrogen-bond acceptors (Lipinski definition) is 4. The van der Waals surface area contributed by atoms with Gasteiger partial charge in [-0.05, 0) is 27.4 Å². The molecule has 2 rings (SSSR count). The van der Waals surface area contributed by atoms with Gasteiger partial charge in [-0.25, -0.2) is 4.98 Å². The summed E-state index contributed by atoms with van der Waals surface area (Å²) in [6.45, 7) is 0.484. The van der Waals surface area contributed by atoms with Crippen LogP contribution in [0.5, 0.6) is 0 Å². The van der Waals surface area contributed by atoms with Crippen LogP contribution in [0, 0.1) is 0 Å². The minimum absolute atomic E-state index is 0.225. The third-order valence-electron chi connectivity index (χ3n) is 1.73. The van der Waals surface area contributed by atoms with E-state index in [2.05, 4.69) is 36.4 Å². The molecule has 0 radical (unpaired) electrons. The van der Waals surface area contributed by atoms with E-state index in [-0.39, 0.29) is 11.7 Å². The lowest BCUT2D eigenvalue weighted by Gasteiger charge is -2.00. The summed E-state index contributed by atoms with van der Waals surface area (Å²) < 4.78 is 1.00. The normalized spacial score (nSPS) is 10.2. The Balaban J connectivity index is 1.95. The number of carbonyl (C=O) groups is 1. The molecule has 5 nitrogen and oxygen atoms in total. The van der Waals surface area contributed by atoms with Gasteiger partial charge in [-0.2, -0.15) is 5.10 Å². The number of rotatable bonds is 3. The molecular weight excluding hydrogens is 280 g/mol. The van der Waals surface area contributed by atoms with Crippen molar-refractivity contribution in [3.63, 3.8) is 0 Å². The minimum Gasteiger partial charge on any atom is -0.344 e. The van der Waals surface area contributed by atoms with E-state index in [1.165, 1.54) is 6.33 Å². The minimum atomic E-state index is -0.257. The van der Waals surface area contributed by atoms with E-state index in [0.717, 1.165) is 9.35 Å². The van der Waals surface area contributed by atoms with E-state index in [1.807, 2.05) is 11.4 Å². The number of H-pyrrole nitrogens is 1. The second-order valence-electron chi connectivity index (χ2n) is 2.71. The zero-order chi connectivity index (χ0) is 10.7. The maximum absolute atomic E-state index is 11.5. The quantitative estimate of drug-likeness (QED) is 0.900. The van der Waals surface area contributed by atoms with E-state index in [4.69, 9.17) is 0 Å². The summed E-state index contributed by atoms with van der Waals surface area (Å²) in [7, 11) is 0. The summed E-state index contributed by atoms with van der Waals surface area (Å²) >= 11 is 4.97. The van der Waals surface area contributed by atoms with E-state index in [1.54, 1.807) is 11.3 Å². The molecule has 2 aromatic rings. The molecule has 78 valence electrons. The zero-order valence-electron chi connectivity index (χ0n) is 7.53. The fourth-order valence-corrected chi connectivity index (χ4v) is 2.44. The fraction of sp³-hybridized carbons (Fsp3) is 0.125. The second-order valence-corrected chi connectivity index (χ2v) is 4.56. The third-order valence-corrected chi connectivity index (χ3v) is 3.66. The largest absolute Gasteiger partial charge is 0.344 e. The van der Waals surface area contributed by atoms with Crippen LogP contribution in [0.15, 0.2) is 22.2 Å². The first-order valence-electron chi connectivity index (χ1n) is 4.13. The summed E-state index contributed by atoms with van der Waals surface area (Å²) in [5, 5.41) is 10.8. The van der Waals surface area contributed by atoms with Crippen LogP contribution < -0.4 is 5.32 Å². The van der Waals surface area contributed by atoms with Crippen LogP contribution in [0.2, 0.25) is 0 Å². The molecule has 15 heavy (non-hydrogen) atoms. The lowest BCUT2D eigenvalue weighted by molar-refractivity contribution is 0.0941. The fourth-order valence-electron chi connectivity index (χ4n) is 1.01. The highest BCUT2D eigenvalue weighted by atomic mass is 79.9. The van der Waals surface area contributed by atoms with E-state index in [0.29, 0.717) is 6.54 Å². The summed E-state index contributed by atoms with van der Waals surface area (Å²) in [4.78, 5) is 16.3. The number of aromatic nitrogens is 3. The summed E-state index contributed by atoms with van der Waals surface area (Å²) in [6, 6.07) is 1.95. The Bertz CT molecular complexity index is 453. The lowest BCUT2D eigenvalue weighted by atomic mass is 10.4. The van der Waals surface area contributed by atoms with Gasteiger partial charge in [-0.1, -0.05) is 0 Å². The Labute approximate surface area is 98.1 Å². The van der Waals surface area contributed by atoms with Crippen LogP contribution in [0.25, 0.3) is 0 Å². The molecule has 0 bridgehead atoms. The van der Waals surface area contributed by atoms with Crippen molar-refractivity contribution >= 4 is 33.2 Å². The van der Waals surface area contributed by atoms with Gasteiger partial charge in [0.15, 0.2) is 0 Å². The van der Waals surface area contributed by atoms with Gasteiger partial charge in [0.2, 0.25) is 5.82 Å². The second kappa shape index (κ2) is 4.54. The van der Waals surface area contributed by atoms with Crippen LogP contribution in [0.3, 0.4) is 0 Å². The Morgan fingerprint density at radius 1 is 1.67 bits per heavy atom. The van der Waals surface area contributed by atoms with E-state index < -0.39 is 0 Å². The van der Waals surface area contributed by atoms with Crippen molar-refractivity contribution < 1.29 is 4.79 Å². The topological polar surface area (TPSA) is 70.7 Å². The first-order chi connectivity index (χ1) is 7.27. The molecule has 0 fully saturated rings. The predicted octanol–water partition coefficient (Wildman–Crippen LogP) is 1.56. The molecule has 2 aromatic heterocycles. The third kappa shape index (κ3) is 2.42. The smallest absolute Gasteiger partial charge is 0.288 e. The Morgan fingerprint density at radius 3 is 3.13 bits per heavy atom. The van der Waals surface area contributed by atoms with Gasteiger partial charge in [0.05, 0.1) is 6.54 Å². The highest BCUT2D eigenvalue weighted by molar-refractivity contribution is 9.10. The van der Waals surface area contributed by atoms with Crippen molar-refractivity contribution in [1.29, 1.82) is 0 Å². The number of halogens is 1. The van der Waals surface area contributed by atoms with Crippen molar-refractivity contribution in [2.75, 3.05) is 0 Å². The standard InChI is InChI=1S/C8H7BrN4OS/c9-5-1-2-15-6(5)3-10-8(14)7-11-4-12-13-7/h1-2,4H,3H2,(H,10,14)(H,11,12,13).